The lowest BCUT2D eigenvalue weighted by Gasteiger charge is -2.21. The number of rotatable bonds is 3. The predicted molar refractivity (Wildman–Crippen MR) is 53.9 cm³/mol. The minimum atomic E-state index is -0.643. The van der Waals surface area contributed by atoms with Gasteiger partial charge < -0.3 is 9.84 Å². The molecule has 1 atom stereocenters. The van der Waals surface area contributed by atoms with Crippen molar-refractivity contribution in [1.29, 1.82) is 0 Å². The minimum absolute atomic E-state index is 0.226. The molecule has 14 heavy (non-hydrogen) atoms. The molecule has 0 fully saturated rings. The molecule has 0 bridgehead atoms. The maximum Gasteiger partial charge on any atom is 0.121 e. The molecule has 0 aliphatic heterocycles. The summed E-state index contributed by atoms with van der Waals surface area (Å²) >= 11 is 0. The van der Waals surface area contributed by atoms with Crippen LogP contribution in [0.4, 0.5) is 0 Å². The second kappa shape index (κ2) is 4.11. The van der Waals surface area contributed by atoms with Crippen molar-refractivity contribution in [3.8, 4) is 0 Å². The first kappa shape index (κ1) is 11.2. The van der Waals surface area contributed by atoms with E-state index in [0.717, 1.165) is 0 Å². The Morgan fingerprint density at radius 2 is 2.21 bits per heavy atom. The van der Waals surface area contributed by atoms with Crippen molar-refractivity contribution in [2.24, 2.45) is 7.05 Å². The Morgan fingerprint density at radius 3 is 2.64 bits per heavy atom. The van der Waals surface area contributed by atoms with Crippen LogP contribution in [0.15, 0.2) is 12.3 Å². The highest BCUT2D eigenvalue weighted by molar-refractivity contribution is 5.02. The van der Waals surface area contributed by atoms with Crippen LogP contribution < -0.4 is 0 Å². The van der Waals surface area contributed by atoms with Crippen LogP contribution in [0.5, 0.6) is 0 Å². The first-order valence-corrected chi connectivity index (χ1v) is 4.70. The fraction of sp³-hybridized carbons (Fsp3) is 0.700. The van der Waals surface area contributed by atoms with E-state index in [0.29, 0.717) is 5.69 Å². The third-order valence-corrected chi connectivity index (χ3v) is 1.75. The van der Waals surface area contributed by atoms with E-state index in [9.17, 15) is 5.11 Å². The molecule has 4 heteroatoms. The highest BCUT2D eigenvalue weighted by atomic mass is 16.5. The van der Waals surface area contributed by atoms with Crippen molar-refractivity contribution in [3.63, 3.8) is 0 Å². The second-order valence-corrected chi connectivity index (χ2v) is 4.35. The average Bonchev–Trinajstić information content (AvgIpc) is 2.46. The predicted octanol–water partition coefficient (Wildman–Crippen LogP) is 1.27. The van der Waals surface area contributed by atoms with E-state index in [-0.39, 0.29) is 12.2 Å². The maximum absolute atomic E-state index is 9.70. The fourth-order valence-electron chi connectivity index (χ4n) is 1.03. The standard InChI is InChI=1S/C10H18N2O2/c1-10(2,3)14-7-9(13)8-5-6-12(4)11-8/h5-6,9,13H,7H2,1-4H3. The van der Waals surface area contributed by atoms with Gasteiger partial charge in [0.1, 0.15) is 6.10 Å². The Bertz CT molecular complexity index is 289. The molecule has 0 saturated carbocycles. The Labute approximate surface area is 84.5 Å². The molecule has 1 unspecified atom stereocenters. The molecule has 4 nitrogen and oxygen atoms in total. The molecule has 0 saturated heterocycles. The highest BCUT2D eigenvalue weighted by Crippen LogP contribution is 2.14. The molecule has 0 aromatic carbocycles. The van der Waals surface area contributed by atoms with E-state index in [1.807, 2.05) is 27.8 Å². The SMILES string of the molecule is Cn1ccc(C(O)COC(C)(C)C)n1. The Balaban J connectivity index is 2.47. The molecule has 1 N–H and O–H groups in total. The molecule has 0 radical (unpaired) electrons. The number of hydrogen-bond donors (Lipinski definition) is 1. The van der Waals surface area contributed by atoms with Gasteiger partial charge in [0.25, 0.3) is 0 Å². The molecular formula is C10H18N2O2. The van der Waals surface area contributed by atoms with Gasteiger partial charge in [0.2, 0.25) is 0 Å². The molecule has 0 spiro atoms. The quantitative estimate of drug-likeness (QED) is 0.795. The number of nitrogens with zero attached hydrogens (tertiary/aromatic N) is 2. The Hall–Kier alpha value is -0.870. The third kappa shape index (κ3) is 3.47. The number of aryl methyl sites for hydroxylation is 1. The maximum atomic E-state index is 9.70. The summed E-state index contributed by atoms with van der Waals surface area (Å²) in [6, 6.07) is 1.79. The van der Waals surface area contributed by atoms with Crippen LogP contribution >= 0.6 is 0 Å². The highest BCUT2D eigenvalue weighted by Gasteiger charge is 2.16. The molecule has 1 rings (SSSR count). The zero-order chi connectivity index (χ0) is 10.8. The third-order valence-electron chi connectivity index (χ3n) is 1.75. The molecule has 0 aliphatic carbocycles. The van der Waals surface area contributed by atoms with Gasteiger partial charge in [-0.2, -0.15) is 5.10 Å². The first-order chi connectivity index (χ1) is 6.38. The zero-order valence-corrected chi connectivity index (χ0v) is 9.19. The van der Waals surface area contributed by atoms with Crippen molar-refractivity contribution in [2.75, 3.05) is 6.61 Å². The Morgan fingerprint density at radius 1 is 1.57 bits per heavy atom. The van der Waals surface area contributed by atoms with Crippen LogP contribution in [0, 0.1) is 0 Å². The van der Waals surface area contributed by atoms with Crippen LogP contribution in [0.3, 0.4) is 0 Å². The second-order valence-electron chi connectivity index (χ2n) is 4.35. The lowest BCUT2D eigenvalue weighted by molar-refractivity contribution is -0.0507. The van der Waals surface area contributed by atoms with E-state index in [4.69, 9.17) is 4.74 Å². The van der Waals surface area contributed by atoms with E-state index < -0.39 is 6.10 Å². The van der Waals surface area contributed by atoms with Gasteiger partial charge in [0, 0.05) is 13.2 Å². The van der Waals surface area contributed by atoms with Gasteiger partial charge in [-0.3, -0.25) is 4.68 Å². The van der Waals surface area contributed by atoms with Crippen molar-refractivity contribution < 1.29 is 9.84 Å². The fourth-order valence-corrected chi connectivity index (χ4v) is 1.03. The van der Waals surface area contributed by atoms with Crippen molar-refractivity contribution in [1.82, 2.24) is 9.78 Å². The van der Waals surface area contributed by atoms with Crippen molar-refractivity contribution >= 4 is 0 Å². The van der Waals surface area contributed by atoms with Gasteiger partial charge in [-0.25, -0.2) is 0 Å². The number of aromatic nitrogens is 2. The van der Waals surface area contributed by atoms with Crippen molar-refractivity contribution in [3.05, 3.63) is 18.0 Å². The Kier molecular flexibility index (Phi) is 3.29. The largest absolute Gasteiger partial charge is 0.384 e. The van der Waals surface area contributed by atoms with Gasteiger partial charge in [-0.15, -0.1) is 0 Å². The summed E-state index contributed by atoms with van der Waals surface area (Å²) in [6.45, 7) is 6.15. The number of aliphatic hydroxyl groups is 1. The van der Waals surface area contributed by atoms with Gasteiger partial charge in [0.05, 0.1) is 17.9 Å². The topological polar surface area (TPSA) is 47.3 Å². The van der Waals surface area contributed by atoms with Crippen LogP contribution in [-0.4, -0.2) is 27.1 Å². The van der Waals surface area contributed by atoms with Gasteiger partial charge in [0.15, 0.2) is 0 Å². The van der Waals surface area contributed by atoms with Gasteiger partial charge in [-0.1, -0.05) is 0 Å². The van der Waals surface area contributed by atoms with Crippen LogP contribution in [0.1, 0.15) is 32.6 Å². The summed E-state index contributed by atoms with van der Waals surface area (Å²) in [5.74, 6) is 0. The molecule has 1 aromatic rings. The lowest BCUT2D eigenvalue weighted by atomic mass is 10.2. The minimum Gasteiger partial charge on any atom is -0.384 e. The molecule has 80 valence electrons. The van der Waals surface area contributed by atoms with E-state index in [1.165, 1.54) is 0 Å². The first-order valence-electron chi connectivity index (χ1n) is 4.70. The summed E-state index contributed by atoms with van der Waals surface area (Å²) in [5, 5.41) is 13.8. The molecule has 1 aromatic heterocycles. The van der Waals surface area contributed by atoms with Crippen LogP contribution in [0.25, 0.3) is 0 Å². The molecule has 0 aliphatic rings. The summed E-state index contributed by atoms with van der Waals surface area (Å²) in [4.78, 5) is 0. The lowest BCUT2D eigenvalue weighted by Crippen LogP contribution is -2.23. The van der Waals surface area contributed by atoms with E-state index in [1.54, 1.807) is 16.9 Å². The summed E-state index contributed by atoms with van der Waals surface area (Å²) < 4.78 is 7.12. The summed E-state index contributed by atoms with van der Waals surface area (Å²) in [5.41, 5.74) is 0.423. The smallest absolute Gasteiger partial charge is 0.121 e. The number of ether oxygens (including phenoxy) is 1. The van der Waals surface area contributed by atoms with Crippen LogP contribution in [0.2, 0.25) is 0 Å². The monoisotopic (exact) mass is 198 g/mol. The van der Waals surface area contributed by atoms with Gasteiger partial charge in [-0.05, 0) is 26.8 Å². The van der Waals surface area contributed by atoms with Crippen molar-refractivity contribution in [2.45, 2.75) is 32.5 Å². The summed E-state index contributed by atoms with van der Waals surface area (Å²) in [6.07, 6.45) is 1.16. The zero-order valence-electron chi connectivity index (χ0n) is 9.19. The van der Waals surface area contributed by atoms with Gasteiger partial charge >= 0.3 is 0 Å². The van der Waals surface area contributed by atoms with E-state index >= 15 is 0 Å². The number of hydrogen-bond acceptors (Lipinski definition) is 3. The molecule has 0 amide bonds. The average molecular weight is 198 g/mol. The normalized spacial score (nSPS) is 14.4. The van der Waals surface area contributed by atoms with E-state index in [2.05, 4.69) is 5.10 Å². The van der Waals surface area contributed by atoms with Crippen LogP contribution in [-0.2, 0) is 11.8 Å². The molecule has 1 heterocycles. The molecular weight excluding hydrogens is 180 g/mol. The summed E-state index contributed by atoms with van der Waals surface area (Å²) in [7, 11) is 1.82. The number of aliphatic hydroxyl groups excluding tert-OH is 1.